The fourth-order valence-electron chi connectivity index (χ4n) is 1.96. The largest absolute Gasteiger partial charge is 0.370 e. The Morgan fingerprint density at radius 3 is 2.24 bits per heavy atom. The molecule has 0 aliphatic heterocycles. The van der Waals surface area contributed by atoms with E-state index in [1.54, 1.807) is 0 Å². The zero-order valence-electron chi connectivity index (χ0n) is 13.2. The van der Waals surface area contributed by atoms with E-state index in [1.165, 1.54) is 11.8 Å². The Kier molecular flexibility index (Phi) is 5.12. The first-order valence-electron chi connectivity index (χ1n) is 7.15. The zero-order valence-corrected chi connectivity index (χ0v) is 14.0. The van der Waals surface area contributed by atoms with E-state index in [-0.39, 0.29) is 0 Å². The van der Waals surface area contributed by atoms with E-state index in [4.69, 9.17) is 0 Å². The number of rotatable bonds is 5. The lowest BCUT2D eigenvalue weighted by molar-refractivity contribution is 0.858. The van der Waals surface area contributed by atoms with Crippen molar-refractivity contribution in [1.29, 1.82) is 0 Å². The molecule has 21 heavy (non-hydrogen) atoms. The van der Waals surface area contributed by atoms with Crippen LogP contribution in [0.2, 0.25) is 0 Å². The molecule has 5 nitrogen and oxygen atoms in total. The molecule has 0 bridgehead atoms. The van der Waals surface area contributed by atoms with Crippen LogP contribution in [0, 0.1) is 20.8 Å². The van der Waals surface area contributed by atoms with E-state index in [0.717, 1.165) is 51.7 Å². The van der Waals surface area contributed by atoms with Crippen molar-refractivity contribution in [1.82, 2.24) is 19.9 Å². The minimum Gasteiger partial charge on any atom is -0.370 e. The van der Waals surface area contributed by atoms with Gasteiger partial charge in [0.05, 0.1) is 0 Å². The molecule has 0 spiro atoms. The molecule has 2 aromatic heterocycles. The van der Waals surface area contributed by atoms with Crippen molar-refractivity contribution in [3.8, 4) is 0 Å². The molecule has 2 rings (SSSR count). The van der Waals surface area contributed by atoms with Gasteiger partial charge in [0.25, 0.3) is 0 Å². The molecule has 0 atom stereocenters. The molecule has 0 saturated carbocycles. The number of hydrogen-bond donors (Lipinski definition) is 1. The SMILES string of the molecule is CCNc1nc(CC)nc(Sc2nc(C)cc(C)n2)c1C. The van der Waals surface area contributed by atoms with E-state index >= 15 is 0 Å². The van der Waals surface area contributed by atoms with Crippen molar-refractivity contribution < 1.29 is 0 Å². The molecule has 0 fully saturated rings. The molecule has 0 saturated heterocycles. The minimum atomic E-state index is 0.735. The van der Waals surface area contributed by atoms with Gasteiger partial charge in [0.15, 0.2) is 5.16 Å². The molecule has 2 heterocycles. The summed E-state index contributed by atoms with van der Waals surface area (Å²) in [7, 11) is 0. The van der Waals surface area contributed by atoms with E-state index in [0.29, 0.717) is 0 Å². The second-order valence-electron chi connectivity index (χ2n) is 4.84. The van der Waals surface area contributed by atoms with Gasteiger partial charge in [-0.3, -0.25) is 0 Å². The average Bonchev–Trinajstić information content (AvgIpc) is 2.42. The van der Waals surface area contributed by atoms with Crippen LogP contribution in [0.5, 0.6) is 0 Å². The Balaban J connectivity index is 2.40. The summed E-state index contributed by atoms with van der Waals surface area (Å²) in [6, 6.07) is 1.97. The van der Waals surface area contributed by atoms with E-state index in [9.17, 15) is 0 Å². The van der Waals surface area contributed by atoms with Gasteiger partial charge in [0.2, 0.25) is 0 Å². The first-order chi connectivity index (χ1) is 10.0. The van der Waals surface area contributed by atoms with Crippen LogP contribution in [0.1, 0.15) is 36.6 Å². The van der Waals surface area contributed by atoms with Crippen LogP contribution in [0.15, 0.2) is 16.2 Å². The van der Waals surface area contributed by atoms with Gasteiger partial charge in [-0.25, -0.2) is 19.9 Å². The predicted octanol–water partition coefficient (Wildman–Crippen LogP) is 3.34. The molecule has 0 amide bonds. The molecule has 112 valence electrons. The van der Waals surface area contributed by atoms with E-state index in [2.05, 4.69) is 39.1 Å². The number of aromatic nitrogens is 4. The maximum Gasteiger partial charge on any atom is 0.194 e. The lowest BCUT2D eigenvalue weighted by Crippen LogP contribution is -2.07. The molecular weight excluding hydrogens is 282 g/mol. The van der Waals surface area contributed by atoms with E-state index in [1.807, 2.05) is 26.8 Å². The lowest BCUT2D eigenvalue weighted by atomic mass is 10.3. The highest BCUT2D eigenvalue weighted by molar-refractivity contribution is 7.99. The number of anilines is 1. The number of nitrogens with zero attached hydrogens (tertiary/aromatic N) is 4. The Morgan fingerprint density at radius 1 is 1.00 bits per heavy atom. The third-order valence-corrected chi connectivity index (χ3v) is 3.91. The van der Waals surface area contributed by atoms with Crippen molar-refractivity contribution in [2.24, 2.45) is 0 Å². The van der Waals surface area contributed by atoms with Gasteiger partial charge in [0, 0.05) is 29.9 Å². The van der Waals surface area contributed by atoms with Crippen molar-refractivity contribution in [3.63, 3.8) is 0 Å². The van der Waals surface area contributed by atoms with Gasteiger partial charge >= 0.3 is 0 Å². The van der Waals surface area contributed by atoms with Gasteiger partial charge in [0.1, 0.15) is 16.7 Å². The Hall–Kier alpha value is -1.69. The van der Waals surface area contributed by atoms with Gasteiger partial charge in [-0.1, -0.05) is 6.92 Å². The molecule has 0 aliphatic rings. The molecule has 0 aliphatic carbocycles. The lowest BCUT2D eigenvalue weighted by Gasteiger charge is -2.12. The summed E-state index contributed by atoms with van der Waals surface area (Å²) in [5.74, 6) is 1.74. The van der Waals surface area contributed by atoms with E-state index < -0.39 is 0 Å². The molecular formula is C15H21N5S. The highest BCUT2D eigenvalue weighted by Crippen LogP contribution is 2.29. The van der Waals surface area contributed by atoms with Crippen LogP contribution in [0.3, 0.4) is 0 Å². The Labute approximate surface area is 130 Å². The summed E-state index contributed by atoms with van der Waals surface area (Å²) in [5, 5.41) is 4.95. The van der Waals surface area contributed by atoms with Crippen LogP contribution >= 0.6 is 11.8 Å². The fraction of sp³-hybridized carbons (Fsp3) is 0.467. The van der Waals surface area contributed by atoms with Gasteiger partial charge in [-0.2, -0.15) is 0 Å². The van der Waals surface area contributed by atoms with Crippen LogP contribution in [0.4, 0.5) is 5.82 Å². The molecule has 0 aromatic carbocycles. The maximum atomic E-state index is 4.62. The molecule has 1 N–H and O–H groups in total. The monoisotopic (exact) mass is 303 g/mol. The van der Waals surface area contributed by atoms with Crippen molar-refractivity contribution in [3.05, 3.63) is 28.8 Å². The fourth-order valence-corrected chi connectivity index (χ4v) is 2.92. The molecule has 0 unspecified atom stereocenters. The first-order valence-corrected chi connectivity index (χ1v) is 7.96. The summed E-state index contributed by atoms with van der Waals surface area (Å²) in [4.78, 5) is 18.1. The zero-order chi connectivity index (χ0) is 15.4. The van der Waals surface area contributed by atoms with Gasteiger partial charge < -0.3 is 5.32 Å². The summed E-state index contributed by atoms with van der Waals surface area (Å²) in [6.07, 6.45) is 0.805. The number of hydrogen-bond acceptors (Lipinski definition) is 6. The average molecular weight is 303 g/mol. The van der Waals surface area contributed by atoms with Crippen molar-refractivity contribution >= 4 is 17.6 Å². The summed E-state index contributed by atoms with van der Waals surface area (Å²) in [6.45, 7) is 10.9. The normalized spacial score (nSPS) is 10.7. The van der Waals surface area contributed by atoms with Gasteiger partial charge in [-0.15, -0.1) is 0 Å². The van der Waals surface area contributed by atoms with Crippen LogP contribution in [-0.2, 0) is 6.42 Å². The van der Waals surface area contributed by atoms with Crippen molar-refractivity contribution in [2.75, 3.05) is 11.9 Å². The maximum absolute atomic E-state index is 4.62. The Morgan fingerprint density at radius 2 is 1.67 bits per heavy atom. The molecule has 2 aromatic rings. The second-order valence-corrected chi connectivity index (χ2v) is 5.79. The highest BCUT2D eigenvalue weighted by atomic mass is 32.2. The number of nitrogens with one attached hydrogen (secondary N) is 1. The third-order valence-electron chi connectivity index (χ3n) is 2.96. The standard InChI is InChI=1S/C15H21N5S/c1-6-12-19-13(16-7-2)11(5)14(20-12)21-15-17-9(3)8-10(4)18-15/h8H,6-7H2,1-5H3,(H,16,19,20). The predicted molar refractivity (Wildman–Crippen MR) is 85.9 cm³/mol. The Bertz CT molecular complexity index is 622. The third kappa shape index (κ3) is 3.91. The summed E-state index contributed by atoms with van der Waals surface area (Å²) < 4.78 is 0. The molecule has 0 radical (unpaired) electrons. The smallest absolute Gasteiger partial charge is 0.194 e. The van der Waals surface area contributed by atoms with Crippen LogP contribution in [-0.4, -0.2) is 26.5 Å². The quantitative estimate of drug-likeness (QED) is 0.675. The number of aryl methyl sites for hydroxylation is 3. The molecule has 6 heteroatoms. The van der Waals surface area contributed by atoms with Gasteiger partial charge in [-0.05, 0) is 45.5 Å². The summed E-state index contributed by atoms with van der Waals surface area (Å²) >= 11 is 1.50. The van der Waals surface area contributed by atoms with Crippen LogP contribution < -0.4 is 5.32 Å². The highest BCUT2D eigenvalue weighted by Gasteiger charge is 2.13. The summed E-state index contributed by atoms with van der Waals surface area (Å²) in [5.41, 5.74) is 2.99. The topological polar surface area (TPSA) is 63.6 Å². The first kappa shape index (κ1) is 15.7. The van der Waals surface area contributed by atoms with Crippen molar-refractivity contribution in [2.45, 2.75) is 51.2 Å². The van der Waals surface area contributed by atoms with Crippen LogP contribution in [0.25, 0.3) is 0 Å². The minimum absolute atomic E-state index is 0.735. The second kappa shape index (κ2) is 6.85.